The summed E-state index contributed by atoms with van der Waals surface area (Å²) < 4.78 is 31.4. The molecule has 0 atom stereocenters. The standard InChI is InChI=1S/C22H21F2N3O3/c23-22(24)30-18-8-5-4-7-16(18)26-20(28)14-10-11-15-17(13-14)25-19-9-3-1-2-6-12-27(19)21(15)29/h4-5,7-8,10-11,13,22H,1-3,6,9,12H2,(H,26,28). The van der Waals surface area contributed by atoms with Gasteiger partial charge in [0.25, 0.3) is 11.5 Å². The predicted molar refractivity (Wildman–Crippen MR) is 109 cm³/mol. The number of aryl methyl sites for hydroxylation is 1. The third-order valence-corrected chi connectivity index (χ3v) is 5.18. The van der Waals surface area contributed by atoms with Crippen molar-refractivity contribution in [3.8, 4) is 5.75 Å². The Morgan fingerprint density at radius 1 is 1.10 bits per heavy atom. The van der Waals surface area contributed by atoms with Crippen LogP contribution in [-0.2, 0) is 13.0 Å². The Labute approximate surface area is 171 Å². The van der Waals surface area contributed by atoms with Gasteiger partial charge in [-0.15, -0.1) is 0 Å². The number of carbonyl (C=O) groups is 1. The second-order valence-electron chi connectivity index (χ2n) is 7.21. The average molecular weight is 413 g/mol. The van der Waals surface area contributed by atoms with Crippen LogP contribution in [0.3, 0.4) is 0 Å². The molecule has 1 amide bonds. The van der Waals surface area contributed by atoms with Gasteiger partial charge >= 0.3 is 6.61 Å². The molecule has 2 aromatic carbocycles. The number of anilines is 1. The van der Waals surface area contributed by atoms with Crippen molar-refractivity contribution >= 4 is 22.5 Å². The van der Waals surface area contributed by atoms with Crippen LogP contribution >= 0.6 is 0 Å². The molecular weight excluding hydrogens is 392 g/mol. The van der Waals surface area contributed by atoms with E-state index in [-0.39, 0.29) is 22.6 Å². The minimum atomic E-state index is -3.00. The summed E-state index contributed by atoms with van der Waals surface area (Å²) in [6.07, 6.45) is 4.84. The fourth-order valence-corrected chi connectivity index (χ4v) is 3.70. The minimum Gasteiger partial charge on any atom is -0.433 e. The van der Waals surface area contributed by atoms with Gasteiger partial charge in [0.2, 0.25) is 0 Å². The molecular formula is C22H21F2N3O3. The first-order valence-corrected chi connectivity index (χ1v) is 9.91. The van der Waals surface area contributed by atoms with Crippen LogP contribution in [0.5, 0.6) is 5.75 Å². The number of amides is 1. The molecule has 0 radical (unpaired) electrons. The van der Waals surface area contributed by atoms with Crippen molar-refractivity contribution in [2.45, 2.75) is 45.3 Å². The first-order valence-electron chi connectivity index (χ1n) is 9.91. The van der Waals surface area contributed by atoms with Crippen molar-refractivity contribution in [3.63, 3.8) is 0 Å². The highest BCUT2D eigenvalue weighted by molar-refractivity contribution is 6.06. The fourth-order valence-electron chi connectivity index (χ4n) is 3.70. The smallest absolute Gasteiger partial charge is 0.387 e. The van der Waals surface area contributed by atoms with Crippen molar-refractivity contribution in [2.75, 3.05) is 5.32 Å². The number of rotatable bonds is 4. The van der Waals surface area contributed by atoms with Gasteiger partial charge in [-0.2, -0.15) is 8.78 Å². The van der Waals surface area contributed by atoms with E-state index in [1.165, 1.54) is 24.3 Å². The first kappa shape index (κ1) is 20.0. The molecule has 30 heavy (non-hydrogen) atoms. The Balaban J connectivity index is 1.66. The first-order chi connectivity index (χ1) is 14.5. The second kappa shape index (κ2) is 8.61. The Bertz CT molecular complexity index is 1140. The zero-order valence-corrected chi connectivity index (χ0v) is 16.2. The Hall–Kier alpha value is -3.29. The van der Waals surface area contributed by atoms with E-state index < -0.39 is 12.5 Å². The number of para-hydroxylation sites is 2. The van der Waals surface area contributed by atoms with Crippen molar-refractivity contribution in [2.24, 2.45) is 0 Å². The van der Waals surface area contributed by atoms with Gasteiger partial charge in [0, 0.05) is 18.5 Å². The Kier molecular flexibility index (Phi) is 5.74. The highest BCUT2D eigenvalue weighted by Crippen LogP contribution is 2.26. The topological polar surface area (TPSA) is 73.2 Å². The van der Waals surface area contributed by atoms with Crippen LogP contribution in [0, 0.1) is 0 Å². The molecule has 2 heterocycles. The molecule has 0 bridgehead atoms. The Morgan fingerprint density at radius 2 is 1.90 bits per heavy atom. The number of nitrogens with one attached hydrogen (secondary N) is 1. The summed E-state index contributed by atoms with van der Waals surface area (Å²) >= 11 is 0. The van der Waals surface area contributed by atoms with Crippen LogP contribution in [0.15, 0.2) is 47.3 Å². The molecule has 1 aromatic heterocycles. The van der Waals surface area contributed by atoms with Crippen LogP contribution in [0.25, 0.3) is 10.9 Å². The van der Waals surface area contributed by atoms with Crippen LogP contribution in [0.1, 0.15) is 41.9 Å². The van der Waals surface area contributed by atoms with Gasteiger partial charge in [-0.25, -0.2) is 4.98 Å². The lowest BCUT2D eigenvalue weighted by Gasteiger charge is -2.16. The fraction of sp³-hybridized carbons (Fsp3) is 0.318. The quantitative estimate of drug-likeness (QED) is 0.690. The van der Waals surface area contributed by atoms with E-state index in [1.54, 1.807) is 22.8 Å². The molecule has 6 nitrogen and oxygen atoms in total. The SMILES string of the molecule is O=C(Nc1ccccc1OC(F)F)c1ccc2c(=O)n3c(nc2c1)CCCCCC3. The van der Waals surface area contributed by atoms with Gasteiger partial charge in [0.15, 0.2) is 0 Å². The van der Waals surface area contributed by atoms with Crippen LogP contribution in [-0.4, -0.2) is 22.1 Å². The van der Waals surface area contributed by atoms with Gasteiger partial charge in [-0.1, -0.05) is 25.0 Å². The lowest BCUT2D eigenvalue weighted by molar-refractivity contribution is -0.0493. The molecule has 8 heteroatoms. The molecule has 0 saturated carbocycles. The molecule has 1 aliphatic rings. The van der Waals surface area contributed by atoms with Gasteiger partial charge in [-0.3, -0.25) is 14.2 Å². The van der Waals surface area contributed by atoms with E-state index in [2.05, 4.69) is 15.0 Å². The molecule has 1 aliphatic heterocycles. The summed E-state index contributed by atoms with van der Waals surface area (Å²) in [6.45, 7) is -2.35. The van der Waals surface area contributed by atoms with Gasteiger partial charge < -0.3 is 10.1 Å². The molecule has 156 valence electrons. The third-order valence-electron chi connectivity index (χ3n) is 5.18. The van der Waals surface area contributed by atoms with Gasteiger partial charge in [0.05, 0.1) is 16.6 Å². The molecule has 0 spiro atoms. The van der Waals surface area contributed by atoms with E-state index in [9.17, 15) is 18.4 Å². The largest absolute Gasteiger partial charge is 0.433 e. The van der Waals surface area contributed by atoms with Crippen molar-refractivity contribution in [1.29, 1.82) is 0 Å². The minimum absolute atomic E-state index is 0.0977. The zero-order chi connectivity index (χ0) is 21.1. The number of halogens is 2. The van der Waals surface area contributed by atoms with E-state index in [4.69, 9.17) is 0 Å². The molecule has 1 N–H and O–H groups in total. The van der Waals surface area contributed by atoms with Crippen molar-refractivity contribution in [1.82, 2.24) is 9.55 Å². The van der Waals surface area contributed by atoms with E-state index in [0.717, 1.165) is 37.9 Å². The maximum absolute atomic E-state index is 12.9. The van der Waals surface area contributed by atoms with E-state index in [0.29, 0.717) is 17.4 Å². The van der Waals surface area contributed by atoms with E-state index >= 15 is 0 Å². The number of carbonyl (C=O) groups excluding carboxylic acids is 1. The number of alkyl halides is 2. The molecule has 0 aliphatic carbocycles. The lowest BCUT2D eigenvalue weighted by Crippen LogP contribution is -2.26. The number of fused-ring (bicyclic) bond motifs is 2. The second-order valence-corrected chi connectivity index (χ2v) is 7.21. The number of hydrogen-bond acceptors (Lipinski definition) is 4. The van der Waals surface area contributed by atoms with Crippen LogP contribution < -0.4 is 15.6 Å². The monoisotopic (exact) mass is 413 g/mol. The molecule has 0 fully saturated rings. The average Bonchev–Trinajstić information content (AvgIpc) is 2.70. The highest BCUT2D eigenvalue weighted by atomic mass is 19.3. The molecule has 3 aromatic rings. The zero-order valence-electron chi connectivity index (χ0n) is 16.2. The van der Waals surface area contributed by atoms with Gasteiger partial charge in [0.1, 0.15) is 11.6 Å². The highest BCUT2D eigenvalue weighted by Gasteiger charge is 2.16. The molecule has 0 saturated heterocycles. The summed E-state index contributed by atoms with van der Waals surface area (Å²) in [5.41, 5.74) is 0.766. The van der Waals surface area contributed by atoms with E-state index in [1.807, 2.05) is 0 Å². The number of hydrogen-bond donors (Lipinski definition) is 1. The summed E-state index contributed by atoms with van der Waals surface area (Å²) in [5, 5.41) is 3.04. The number of aromatic nitrogens is 2. The maximum Gasteiger partial charge on any atom is 0.387 e. The molecule has 4 rings (SSSR count). The summed E-state index contributed by atoms with van der Waals surface area (Å²) in [4.78, 5) is 30.2. The molecule has 0 unspecified atom stereocenters. The summed E-state index contributed by atoms with van der Waals surface area (Å²) in [6, 6.07) is 10.7. The predicted octanol–water partition coefficient (Wildman–Crippen LogP) is 4.37. The summed E-state index contributed by atoms with van der Waals surface area (Å²) in [5.74, 6) is 0.107. The number of benzene rings is 2. The van der Waals surface area contributed by atoms with Crippen LogP contribution in [0.4, 0.5) is 14.5 Å². The Morgan fingerprint density at radius 3 is 2.73 bits per heavy atom. The summed E-state index contributed by atoms with van der Waals surface area (Å²) in [7, 11) is 0. The lowest BCUT2D eigenvalue weighted by atomic mass is 10.1. The van der Waals surface area contributed by atoms with Crippen LogP contribution in [0.2, 0.25) is 0 Å². The normalized spacial score (nSPS) is 14.1. The third kappa shape index (κ3) is 4.17. The number of nitrogens with zero attached hydrogens (tertiary/aromatic N) is 2. The maximum atomic E-state index is 12.9. The van der Waals surface area contributed by atoms with Crippen molar-refractivity contribution in [3.05, 3.63) is 64.2 Å². The van der Waals surface area contributed by atoms with Gasteiger partial charge in [-0.05, 0) is 43.2 Å². The number of ether oxygens (including phenoxy) is 1. The van der Waals surface area contributed by atoms with Crippen molar-refractivity contribution < 1.29 is 18.3 Å².